The summed E-state index contributed by atoms with van der Waals surface area (Å²) in [6.07, 6.45) is 1.80. The fourth-order valence-corrected chi connectivity index (χ4v) is 5.82. The van der Waals surface area contributed by atoms with E-state index < -0.39 is 37.7 Å². The summed E-state index contributed by atoms with van der Waals surface area (Å²) in [7, 11) is -2.27. The highest BCUT2D eigenvalue weighted by molar-refractivity contribution is 6.74. The molecule has 1 amide bonds. The molecule has 1 atom stereocenters. The fraction of sp³-hybridized carbons (Fsp3) is 0.407. The average molecular weight is 514 g/mol. The third-order valence-corrected chi connectivity index (χ3v) is 11.8. The van der Waals surface area contributed by atoms with E-state index in [1.54, 1.807) is 6.20 Å². The molecule has 6 nitrogen and oxygen atoms in total. The molecule has 36 heavy (non-hydrogen) atoms. The number of hydrogen-bond donors (Lipinski definition) is 2. The molecule has 192 valence electrons. The molecule has 0 spiro atoms. The Balaban J connectivity index is 1.83. The van der Waals surface area contributed by atoms with E-state index in [2.05, 4.69) is 39.2 Å². The zero-order chi connectivity index (χ0) is 26.3. The van der Waals surface area contributed by atoms with E-state index in [4.69, 9.17) is 9.41 Å². The third-order valence-electron chi connectivity index (χ3n) is 7.27. The van der Waals surface area contributed by atoms with Gasteiger partial charge in [-0.25, -0.2) is 18.6 Å². The van der Waals surface area contributed by atoms with E-state index in [1.165, 1.54) is 0 Å². The monoisotopic (exact) mass is 513 g/mol. The third kappa shape index (κ3) is 5.37. The molecule has 9 heteroatoms. The summed E-state index contributed by atoms with van der Waals surface area (Å²) in [6.45, 7) is 11.1. The van der Waals surface area contributed by atoms with Gasteiger partial charge in [-0.05, 0) is 54.7 Å². The van der Waals surface area contributed by atoms with Gasteiger partial charge in [0.25, 0.3) is 0 Å². The molecule has 4 rings (SSSR count). The number of aromatic nitrogens is 2. The van der Waals surface area contributed by atoms with Crippen LogP contribution in [0.25, 0.3) is 11.3 Å². The molecule has 1 unspecified atom stereocenters. The summed E-state index contributed by atoms with van der Waals surface area (Å²) >= 11 is 0. The molecule has 2 N–H and O–H groups in total. The molecule has 0 radical (unpaired) electrons. The first kappa shape index (κ1) is 26.0. The van der Waals surface area contributed by atoms with Crippen LogP contribution in [0, 0.1) is 11.6 Å². The van der Waals surface area contributed by atoms with Crippen LogP contribution < -0.4 is 5.32 Å². The second kappa shape index (κ2) is 9.44. The van der Waals surface area contributed by atoms with Crippen molar-refractivity contribution in [3.63, 3.8) is 0 Å². The Morgan fingerprint density at radius 2 is 1.86 bits per heavy atom. The Labute approximate surface area is 211 Å². The van der Waals surface area contributed by atoms with Gasteiger partial charge >= 0.3 is 6.09 Å². The van der Waals surface area contributed by atoms with Crippen molar-refractivity contribution in [2.75, 3.05) is 0 Å². The molecule has 0 bridgehead atoms. The van der Waals surface area contributed by atoms with Crippen molar-refractivity contribution in [3.05, 3.63) is 77.8 Å². The second-order valence-corrected chi connectivity index (χ2v) is 15.8. The Morgan fingerprint density at radius 3 is 2.44 bits per heavy atom. The first-order valence-electron chi connectivity index (χ1n) is 12.1. The van der Waals surface area contributed by atoms with Crippen LogP contribution in [-0.2, 0) is 11.0 Å². The molecule has 0 saturated heterocycles. The number of nitrogens with one attached hydrogen (secondary N) is 1. The van der Waals surface area contributed by atoms with Crippen LogP contribution in [-0.4, -0.2) is 34.7 Å². The topological polar surface area (TPSA) is 76.4 Å². The number of halogens is 2. The molecular weight excluding hydrogens is 480 g/mol. The number of amides is 1. The van der Waals surface area contributed by atoms with Crippen LogP contribution >= 0.6 is 0 Å². The van der Waals surface area contributed by atoms with E-state index >= 15 is 0 Å². The Morgan fingerprint density at radius 1 is 1.19 bits per heavy atom. The number of benzene rings is 2. The highest BCUT2D eigenvalue weighted by atomic mass is 28.4. The Kier molecular flexibility index (Phi) is 6.83. The zero-order valence-corrected chi connectivity index (χ0v) is 22.3. The van der Waals surface area contributed by atoms with Crippen molar-refractivity contribution in [1.82, 2.24) is 14.9 Å². The molecule has 2 aromatic carbocycles. The molecule has 1 heterocycles. The molecule has 1 aliphatic carbocycles. The van der Waals surface area contributed by atoms with Crippen molar-refractivity contribution in [3.8, 4) is 11.3 Å². The van der Waals surface area contributed by atoms with Crippen LogP contribution in [0.4, 0.5) is 13.6 Å². The second-order valence-electron chi connectivity index (χ2n) is 11.0. The molecule has 1 aliphatic rings. The van der Waals surface area contributed by atoms with Gasteiger partial charge in [0.05, 0.1) is 11.3 Å². The number of rotatable bonds is 8. The van der Waals surface area contributed by atoms with E-state index in [-0.39, 0.29) is 16.3 Å². The average Bonchev–Trinajstić information content (AvgIpc) is 3.44. The lowest BCUT2D eigenvalue weighted by Gasteiger charge is -2.41. The number of imidazole rings is 1. The van der Waals surface area contributed by atoms with Crippen molar-refractivity contribution in [1.29, 1.82) is 0 Å². The summed E-state index contributed by atoms with van der Waals surface area (Å²) in [5, 5.41) is 12.4. The highest BCUT2D eigenvalue weighted by Crippen LogP contribution is 2.54. The van der Waals surface area contributed by atoms with Crippen LogP contribution in [0.3, 0.4) is 0 Å². The maximum atomic E-state index is 14.7. The van der Waals surface area contributed by atoms with Crippen molar-refractivity contribution < 1.29 is 23.1 Å². The molecule has 1 fully saturated rings. The lowest BCUT2D eigenvalue weighted by molar-refractivity contribution is 0.101. The molecular formula is C27H33F2N3O3Si. The maximum absolute atomic E-state index is 14.7. The van der Waals surface area contributed by atoms with E-state index in [0.29, 0.717) is 25.2 Å². The van der Waals surface area contributed by atoms with Crippen LogP contribution in [0.15, 0.2) is 54.7 Å². The molecule has 3 aromatic rings. The van der Waals surface area contributed by atoms with Gasteiger partial charge in [-0.3, -0.25) is 0 Å². The Bertz CT molecular complexity index is 1250. The predicted octanol–water partition coefficient (Wildman–Crippen LogP) is 6.74. The highest BCUT2D eigenvalue weighted by Gasteiger charge is 2.58. The van der Waals surface area contributed by atoms with E-state index in [9.17, 15) is 18.7 Å². The summed E-state index contributed by atoms with van der Waals surface area (Å²) in [6, 6.07) is 12.1. The van der Waals surface area contributed by atoms with Gasteiger partial charge in [-0.15, -0.1) is 0 Å². The molecule has 1 saturated carbocycles. The standard InChI is InChI=1S/C27H33F2N3O3Si/c1-26(2,3)36(4,5)35-27(13-14-27)23(31-25(33)34)24-30-22(20-15-19(28)11-12-21(20)29)17-32(24)16-18-9-7-6-8-10-18/h6-12,15,17,23,31H,13-14,16H2,1-5H3,(H,33,34). The predicted molar refractivity (Wildman–Crippen MR) is 137 cm³/mol. The zero-order valence-electron chi connectivity index (χ0n) is 21.3. The summed E-state index contributed by atoms with van der Waals surface area (Å²) < 4.78 is 37.3. The lowest BCUT2D eigenvalue weighted by Crippen LogP contribution is -2.50. The van der Waals surface area contributed by atoms with Gasteiger partial charge in [0.15, 0.2) is 8.32 Å². The summed E-state index contributed by atoms with van der Waals surface area (Å²) in [4.78, 5) is 16.7. The van der Waals surface area contributed by atoms with Gasteiger partial charge in [0.1, 0.15) is 23.5 Å². The number of carbonyl (C=O) groups is 1. The quantitative estimate of drug-likeness (QED) is 0.327. The lowest BCUT2D eigenvalue weighted by atomic mass is 10.1. The fourth-order valence-electron chi connectivity index (χ4n) is 4.18. The number of hydrogen-bond acceptors (Lipinski definition) is 3. The van der Waals surface area contributed by atoms with Gasteiger partial charge in [0.2, 0.25) is 0 Å². The number of nitrogens with zero attached hydrogens (tertiary/aromatic N) is 2. The minimum Gasteiger partial charge on any atom is -0.465 e. The SMILES string of the molecule is CC(C)(C)[Si](C)(C)OC1(C(NC(=O)O)c2nc(-c3cc(F)ccc3F)cn2Cc2ccccc2)CC1. The van der Waals surface area contributed by atoms with E-state index in [1.807, 2.05) is 34.9 Å². The van der Waals surface area contributed by atoms with Crippen molar-refractivity contribution in [2.24, 2.45) is 0 Å². The summed E-state index contributed by atoms with van der Waals surface area (Å²) in [5.74, 6) is -0.768. The maximum Gasteiger partial charge on any atom is 0.405 e. The minimum absolute atomic E-state index is 0.0206. The first-order chi connectivity index (χ1) is 16.8. The van der Waals surface area contributed by atoms with Crippen molar-refractivity contribution >= 4 is 14.4 Å². The molecule has 0 aliphatic heterocycles. The smallest absolute Gasteiger partial charge is 0.405 e. The Hall–Kier alpha value is -3.04. The van der Waals surface area contributed by atoms with E-state index in [0.717, 1.165) is 23.8 Å². The van der Waals surface area contributed by atoms with Crippen LogP contribution in [0.2, 0.25) is 18.1 Å². The van der Waals surface area contributed by atoms with Gasteiger partial charge in [-0.2, -0.15) is 0 Å². The summed E-state index contributed by atoms with van der Waals surface area (Å²) in [5.41, 5.74) is 0.469. The number of carboxylic acid groups (broad SMARTS) is 1. The van der Waals surface area contributed by atoms with Crippen LogP contribution in [0.5, 0.6) is 0 Å². The largest absolute Gasteiger partial charge is 0.465 e. The van der Waals surface area contributed by atoms with Gasteiger partial charge < -0.3 is 19.4 Å². The van der Waals surface area contributed by atoms with Gasteiger partial charge in [-0.1, -0.05) is 51.1 Å². The van der Waals surface area contributed by atoms with Gasteiger partial charge in [0, 0.05) is 18.3 Å². The first-order valence-corrected chi connectivity index (χ1v) is 15.0. The minimum atomic E-state index is -2.27. The van der Waals surface area contributed by atoms with Crippen LogP contribution in [0.1, 0.15) is 51.0 Å². The normalized spacial score (nSPS) is 16.0. The van der Waals surface area contributed by atoms with Crippen molar-refractivity contribution in [2.45, 2.75) is 69.9 Å². The molecule has 1 aromatic heterocycles.